The van der Waals surface area contributed by atoms with Crippen molar-refractivity contribution in [2.24, 2.45) is 0 Å². The topological polar surface area (TPSA) is 20.3 Å². The maximum Gasteiger partial charge on any atom is 0.229 e. The summed E-state index contributed by atoms with van der Waals surface area (Å²) in [5, 5.41) is 2.52. The van der Waals surface area contributed by atoms with Gasteiger partial charge in [-0.25, -0.2) is 0 Å². The van der Waals surface area contributed by atoms with Gasteiger partial charge in [0.1, 0.15) is 0 Å². The first kappa shape index (κ1) is 16.5. The van der Waals surface area contributed by atoms with Crippen LogP contribution >= 0.6 is 0 Å². The Morgan fingerprint density at radius 3 is 2.27 bits per heavy atom. The van der Waals surface area contributed by atoms with Gasteiger partial charge in [0.15, 0.2) is 0 Å². The highest BCUT2D eigenvalue weighted by atomic mass is 16.2. The minimum atomic E-state index is -0.0954. The van der Waals surface area contributed by atoms with E-state index in [1.165, 1.54) is 16.3 Å². The van der Waals surface area contributed by atoms with Crippen molar-refractivity contribution in [3.63, 3.8) is 0 Å². The van der Waals surface area contributed by atoms with Crippen LogP contribution in [-0.2, 0) is 4.79 Å². The van der Waals surface area contributed by atoms with Crippen molar-refractivity contribution in [2.45, 2.75) is 46.5 Å². The minimum absolute atomic E-state index is 0.0954. The summed E-state index contributed by atoms with van der Waals surface area (Å²) in [5.74, 6) is 0.567. The molecule has 0 heterocycles. The van der Waals surface area contributed by atoms with Crippen LogP contribution in [0.3, 0.4) is 0 Å². The van der Waals surface area contributed by atoms with Crippen LogP contribution in [0.1, 0.15) is 57.6 Å². The Kier molecular flexibility index (Phi) is 5.23. The van der Waals surface area contributed by atoms with Gasteiger partial charge in [-0.15, -0.1) is 0 Å². The normalized spacial score (nSPS) is 12.6. The molecule has 1 amide bonds. The third-order valence-electron chi connectivity index (χ3n) is 4.48. The van der Waals surface area contributed by atoms with Crippen molar-refractivity contribution in [1.82, 2.24) is 4.90 Å². The zero-order chi connectivity index (χ0) is 16.3. The molecule has 0 aliphatic rings. The van der Waals surface area contributed by atoms with Crippen molar-refractivity contribution >= 4 is 16.7 Å². The van der Waals surface area contributed by atoms with Gasteiger partial charge in [0, 0.05) is 13.1 Å². The fraction of sp³-hybridized carbons (Fsp3) is 0.450. The van der Waals surface area contributed by atoms with Gasteiger partial charge in [-0.1, -0.05) is 50.2 Å². The van der Waals surface area contributed by atoms with E-state index in [0.29, 0.717) is 5.92 Å². The van der Waals surface area contributed by atoms with Gasteiger partial charge in [0.2, 0.25) is 5.91 Å². The predicted molar refractivity (Wildman–Crippen MR) is 94.4 cm³/mol. The standard InChI is InChI=1S/C20H27NO/c1-6-21(7-2)20(22)15(5)17-12-16-10-8-9-11-18(16)19(13-17)14(3)4/h8-15H,6-7H2,1-5H3. The van der Waals surface area contributed by atoms with Crippen molar-refractivity contribution in [3.8, 4) is 0 Å². The Bertz CT molecular complexity index is 656. The van der Waals surface area contributed by atoms with Crippen LogP contribution in [0, 0.1) is 0 Å². The molecule has 0 saturated heterocycles. The summed E-state index contributed by atoms with van der Waals surface area (Å²) in [6.45, 7) is 12.1. The van der Waals surface area contributed by atoms with Crippen LogP contribution < -0.4 is 0 Å². The predicted octanol–water partition coefficient (Wildman–Crippen LogP) is 4.94. The lowest BCUT2D eigenvalue weighted by Gasteiger charge is -2.24. The molecule has 0 aliphatic heterocycles. The molecule has 0 saturated carbocycles. The first-order chi connectivity index (χ1) is 10.5. The monoisotopic (exact) mass is 297 g/mol. The molecule has 0 aromatic heterocycles. The van der Waals surface area contributed by atoms with E-state index in [4.69, 9.17) is 0 Å². The number of hydrogen-bond donors (Lipinski definition) is 0. The summed E-state index contributed by atoms with van der Waals surface area (Å²) in [7, 11) is 0. The van der Waals surface area contributed by atoms with E-state index in [0.717, 1.165) is 18.7 Å². The largest absolute Gasteiger partial charge is 0.343 e. The second-order valence-electron chi connectivity index (χ2n) is 6.22. The van der Waals surface area contributed by atoms with Crippen LogP contribution in [0.5, 0.6) is 0 Å². The van der Waals surface area contributed by atoms with Gasteiger partial charge in [-0.2, -0.15) is 0 Å². The second kappa shape index (κ2) is 6.95. The fourth-order valence-electron chi connectivity index (χ4n) is 3.04. The number of hydrogen-bond acceptors (Lipinski definition) is 1. The quantitative estimate of drug-likeness (QED) is 0.766. The number of nitrogens with zero attached hydrogens (tertiary/aromatic N) is 1. The molecule has 0 radical (unpaired) electrons. The van der Waals surface area contributed by atoms with Crippen molar-refractivity contribution in [3.05, 3.63) is 47.5 Å². The van der Waals surface area contributed by atoms with Gasteiger partial charge in [0.05, 0.1) is 5.92 Å². The number of carbonyl (C=O) groups is 1. The molecule has 0 spiro atoms. The lowest BCUT2D eigenvalue weighted by atomic mass is 9.89. The highest BCUT2D eigenvalue weighted by molar-refractivity contribution is 5.90. The molecule has 0 aliphatic carbocycles. The van der Waals surface area contributed by atoms with Crippen molar-refractivity contribution in [1.29, 1.82) is 0 Å². The molecule has 0 bridgehead atoms. The van der Waals surface area contributed by atoms with Crippen LogP contribution in [-0.4, -0.2) is 23.9 Å². The molecule has 22 heavy (non-hydrogen) atoms. The van der Waals surface area contributed by atoms with Crippen LogP contribution in [0.15, 0.2) is 36.4 Å². The van der Waals surface area contributed by atoms with E-state index in [1.807, 2.05) is 25.7 Å². The Balaban J connectivity index is 2.49. The summed E-state index contributed by atoms with van der Waals surface area (Å²) < 4.78 is 0. The Hall–Kier alpha value is -1.83. The molecule has 2 aromatic rings. The Morgan fingerprint density at radius 1 is 1.05 bits per heavy atom. The van der Waals surface area contributed by atoms with Gasteiger partial charge >= 0.3 is 0 Å². The Labute approximate surface area is 134 Å². The summed E-state index contributed by atoms with van der Waals surface area (Å²) in [6, 6.07) is 12.8. The number of rotatable bonds is 5. The highest BCUT2D eigenvalue weighted by Gasteiger charge is 2.21. The number of fused-ring (bicyclic) bond motifs is 1. The van der Waals surface area contributed by atoms with Gasteiger partial charge in [0.25, 0.3) is 0 Å². The fourth-order valence-corrected chi connectivity index (χ4v) is 3.04. The highest BCUT2D eigenvalue weighted by Crippen LogP contribution is 2.30. The van der Waals surface area contributed by atoms with Crippen molar-refractivity contribution < 1.29 is 4.79 Å². The number of amides is 1. The van der Waals surface area contributed by atoms with E-state index >= 15 is 0 Å². The third kappa shape index (κ3) is 3.16. The van der Waals surface area contributed by atoms with Gasteiger partial charge in [-0.3, -0.25) is 4.79 Å². The number of benzene rings is 2. The number of likely N-dealkylation sites (N-methyl/N-ethyl adjacent to an activating group) is 1. The SMILES string of the molecule is CCN(CC)C(=O)C(C)c1cc(C(C)C)c2ccccc2c1. The molecule has 118 valence electrons. The zero-order valence-electron chi connectivity index (χ0n) is 14.4. The molecule has 0 N–H and O–H groups in total. The summed E-state index contributed by atoms with van der Waals surface area (Å²) in [6.07, 6.45) is 0. The van der Waals surface area contributed by atoms with Gasteiger partial charge < -0.3 is 4.90 Å². The zero-order valence-corrected chi connectivity index (χ0v) is 14.4. The van der Waals surface area contributed by atoms with Crippen LogP contribution in [0.2, 0.25) is 0 Å². The lowest BCUT2D eigenvalue weighted by Crippen LogP contribution is -2.33. The van der Waals surface area contributed by atoms with E-state index in [-0.39, 0.29) is 11.8 Å². The Morgan fingerprint density at radius 2 is 1.68 bits per heavy atom. The molecule has 1 unspecified atom stereocenters. The molecular formula is C20H27NO. The van der Waals surface area contributed by atoms with Crippen LogP contribution in [0.4, 0.5) is 0 Å². The van der Waals surface area contributed by atoms with E-state index < -0.39 is 0 Å². The molecule has 2 rings (SSSR count). The molecule has 2 aromatic carbocycles. The smallest absolute Gasteiger partial charge is 0.229 e. The maximum absolute atomic E-state index is 12.6. The van der Waals surface area contributed by atoms with Gasteiger partial charge in [-0.05, 0) is 48.6 Å². The molecule has 2 nitrogen and oxygen atoms in total. The molecule has 1 atom stereocenters. The summed E-state index contributed by atoms with van der Waals surface area (Å²) in [4.78, 5) is 14.6. The molecular weight excluding hydrogens is 270 g/mol. The second-order valence-corrected chi connectivity index (χ2v) is 6.22. The lowest BCUT2D eigenvalue weighted by molar-refractivity contribution is -0.132. The average molecular weight is 297 g/mol. The van der Waals surface area contributed by atoms with Crippen LogP contribution in [0.25, 0.3) is 10.8 Å². The van der Waals surface area contributed by atoms with E-state index in [9.17, 15) is 4.79 Å². The van der Waals surface area contributed by atoms with E-state index in [2.05, 4.69) is 50.2 Å². The number of carbonyl (C=O) groups excluding carboxylic acids is 1. The minimum Gasteiger partial charge on any atom is -0.343 e. The first-order valence-corrected chi connectivity index (χ1v) is 8.30. The molecule has 0 fully saturated rings. The third-order valence-corrected chi connectivity index (χ3v) is 4.48. The van der Waals surface area contributed by atoms with Crippen molar-refractivity contribution in [2.75, 3.05) is 13.1 Å². The average Bonchev–Trinajstić information content (AvgIpc) is 2.53. The molecule has 2 heteroatoms. The maximum atomic E-state index is 12.6. The summed E-state index contributed by atoms with van der Waals surface area (Å²) >= 11 is 0. The first-order valence-electron chi connectivity index (χ1n) is 8.30. The summed E-state index contributed by atoms with van der Waals surface area (Å²) in [5.41, 5.74) is 2.45. The van der Waals surface area contributed by atoms with E-state index in [1.54, 1.807) is 0 Å².